The van der Waals surface area contributed by atoms with Gasteiger partial charge in [-0.2, -0.15) is 0 Å². The topological polar surface area (TPSA) is 41.8 Å². The number of aryl methyl sites for hydroxylation is 1. The van der Waals surface area contributed by atoms with Gasteiger partial charge in [0, 0.05) is 38.1 Å². The van der Waals surface area contributed by atoms with Gasteiger partial charge in [0.05, 0.1) is 29.1 Å². The minimum atomic E-state index is 0.345. The van der Waals surface area contributed by atoms with E-state index in [9.17, 15) is 0 Å². The number of ether oxygens (including phenoxy) is 1. The Balaban J connectivity index is 1.11. The zero-order valence-corrected chi connectivity index (χ0v) is 21.0. The van der Waals surface area contributed by atoms with Crippen LogP contribution in [0.3, 0.4) is 0 Å². The Morgan fingerprint density at radius 2 is 1.71 bits per heavy atom. The number of aromatic nitrogens is 2. The maximum atomic E-state index is 6.22. The molecule has 1 N–H and O–H groups in total. The highest BCUT2D eigenvalue weighted by Gasteiger charge is 2.20. The Hall–Kier alpha value is -2.86. The van der Waals surface area contributed by atoms with Crippen molar-refractivity contribution in [3.8, 4) is 0 Å². The third kappa shape index (κ3) is 5.87. The molecule has 6 heteroatoms. The van der Waals surface area contributed by atoms with Gasteiger partial charge < -0.3 is 19.4 Å². The highest BCUT2D eigenvalue weighted by atomic mass is 35.5. The Kier molecular flexibility index (Phi) is 7.67. The maximum Gasteiger partial charge on any atom is 0.137 e. The van der Waals surface area contributed by atoms with E-state index in [2.05, 4.69) is 70.1 Å². The summed E-state index contributed by atoms with van der Waals surface area (Å²) in [5.74, 6) is 0. The van der Waals surface area contributed by atoms with E-state index < -0.39 is 0 Å². The van der Waals surface area contributed by atoms with Crippen molar-refractivity contribution in [2.75, 3.05) is 18.0 Å². The Morgan fingerprint density at radius 3 is 2.46 bits per heavy atom. The summed E-state index contributed by atoms with van der Waals surface area (Å²) in [5, 5.41) is 4.31. The quantitative estimate of drug-likeness (QED) is 0.312. The maximum absolute atomic E-state index is 6.22. The first kappa shape index (κ1) is 23.9. The van der Waals surface area contributed by atoms with Crippen LogP contribution in [-0.4, -0.2) is 28.6 Å². The smallest absolute Gasteiger partial charge is 0.137 e. The van der Waals surface area contributed by atoms with Crippen LogP contribution >= 0.6 is 11.6 Å². The number of hydrogen-bond donors (Lipinski definition) is 1. The van der Waals surface area contributed by atoms with Crippen LogP contribution in [0.1, 0.15) is 42.3 Å². The van der Waals surface area contributed by atoms with E-state index in [1.807, 2.05) is 24.4 Å². The number of halogens is 1. The molecule has 0 aliphatic carbocycles. The first-order chi connectivity index (χ1) is 17.2. The number of anilines is 1. The van der Waals surface area contributed by atoms with E-state index in [4.69, 9.17) is 21.3 Å². The molecule has 2 aromatic carbocycles. The summed E-state index contributed by atoms with van der Waals surface area (Å²) >= 11 is 6.22. The molecule has 3 heterocycles. The summed E-state index contributed by atoms with van der Waals surface area (Å²) in [5.41, 5.74) is 7.06. The van der Waals surface area contributed by atoms with Crippen molar-refractivity contribution in [1.82, 2.24) is 14.7 Å². The highest BCUT2D eigenvalue weighted by molar-refractivity contribution is 6.30. The van der Waals surface area contributed by atoms with Crippen molar-refractivity contribution in [3.63, 3.8) is 0 Å². The average molecular weight is 489 g/mol. The Labute approximate surface area is 212 Å². The molecule has 0 bridgehead atoms. The van der Waals surface area contributed by atoms with Crippen molar-refractivity contribution in [2.45, 2.75) is 52.0 Å². The molecule has 0 spiro atoms. The largest absolute Gasteiger partial charge is 0.373 e. The Morgan fingerprint density at radius 1 is 0.943 bits per heavy atom. The number of nitrogens with one attached hydrogen (secondary N) is 1. The van der Waals surface area contributed by atoms with Crippen molar-refractivity contribution in [2.24, 2.45) is 0 Å². The van der Waals surface area contributed by atoms with Crippen LogP contribution in [-0.2, 0) is 30.9 Å². The van der Waals surface area contributed by atoms with Crippen LogP contribution in [0, 0.1) is 0 Å². The second kappa shape index (κ2) is 11.3. The molecule has 1 aliphatic heterocycles. The minimum Gasteiger partial charge on any atom is -0.373 e. The lowest BCUT2D eigenvalue weighted by molar-refractivity contribution is 0.0251. The molecule has 1 aliphatic rings. The van der Waals surface area contributed by atoms with E-state index in [0.29, 0.717) is 12.7 Å². The number of fused-ring (bicyclic) bond motifs is 1. The predicted octanol–water partition coefficient (Wildman–Crippen LogP) is 6.03. The van der Waals surface area contributed by atoms with Crippen molar-refractivity contribution < 1.29 is 4.74 Å². The minimum absolute atomic E-state index is 0.345. The molecule has 0 amide bonds. The average Bonchev–Trinajstić information content (AvgIpc) is 3.25. The molecule has 35 heavy (non-hydrogen) atoms. The molecular weight excluding hydrogens is 456 g/mol. The molecule has 2 aromatic heterocycles. The van der Waals surface area contributed by atoms with Gasteiger partial charge in [0.2, 0.25) is 0 Å². The molecule has 5 nitrogen and oxygen atoms in total. The number of rotatable bonds is 9. The first-order valence-electron chi connectivity index (χ1n) is 12.5. The molecule has 0 radical (unpaired) electrons. The number of hydrogen-bond acceptors (Lipinski definition) is 4. The lowest BCUT2D eigenvalue weighted by atomic mass is 10.1. The summed E-state index contributed by atoms with van der Waals surface area (Å²) in [6.07, 6.45) is 5.33. The summed E-state index contributed by atoms with van der Waals surface area (Å²) in [7, 11) is 0. The lowest BCUT2D eigenvalue weighted by Gasteiger charge is -2.33. The van der Waals surface area contributed by atoms with Gasteiger partial charge in [-0.3, -0.25) is 0 Å². The number of nitrogens with zero attached hydrogens (tertiary/aromatic N) is 3. The summed E-state index contributed by atoms with van der Waals surface area (Å²) in [6.45, 7) is 6.48. The van der Waals surface area contributed by atoms with Gasteiger partial charge in [0.25, 0.3) is 0 Å². The van der Waals surface area contributed by atoms with Gasteiger partial charge >= 0.3 is 0 Å². The van der Waals surface area contributed by atoms with Crippen LogP contribution in [0.25, 0.3) is 5.65 Å². The van der Waals surface area contributed by atoms with Gasteiger partial charge in [-0.15, -0.1) is 0 Å². The molecule has 1 fully saturated rings. The van der Waals surface area contributed by atoms with Crippen LogP contribution in [0.5, 0.6) is 0 Å². The SMILES string of the molecule is CCc1nc2ccc(Cl)cn2c1CNCc1ccc(N2CCC(OCc3ccccc3)CC2)cc1. The van der Waals surface area contributed by atoms with Gasteiger partial charge in [-0.05, 0) is 54.7 Å². The number of piperidine rings is 1. The van der Waals surface area contributed by atoms with Gasteiger partial charge in [-0.1, -0.05) is 61.0 Å². The van der Waals surface area contributed by atoms with E-state index in [0.717, 1.165) is 61.8 Å². The zero-order valence-electron chi connectivity index (χ0n) is 20.3. The number of imidazole rings is 1. The first-order valence-corrected chi connectivity index (χ1v) is 12.9. The van der Waals surface area contributed by atoms with Crippen LogP contribution < -0.4 is 10.2 Å². The summed E-state index contributed by atoms with van der Waals surface area (Å²) < 4.78 is 8.25. The van der Waals surface area contributed by atoms with Gasteiger partial charge in [0.15, 0.2) is 0 Å². The molecule has 0 unspecified atom stereocenters. The van der Waals surface area contributed by atoms with E-state index in [1.54, 1.807) is 0 Å². The molecule has 5 rings (SSSR count). The third-order valence-corrected chi connectivity index (χ3v) is 7.02. The summed E-state index contributed by atoms with van der Waals surface area (Å²) in [4.78, 5) is 7.21. The monoisotopic (exact) mass is 488 g/mol. The van der Waals surface area contributed by atoms with Gasteiger partial charge in [0.1, 0.15) is 5.65 Å². The molecule has 182 valence electrons. The lowest BCUT2D eigenvalue weighted by Crippen LogP contribution is -2.37. The molecule has 0 saturated carbocycles. The van der Waals surface area contributed by atoms with Gasteiger partial charge in [-0.25, -0.2) is 4.98 Å². The van der Waals surface area contributed by atoms with Crippen LogP contribution in [0.2, 0.25) is 5.02 Å². The fourth-order valence-electron chi connectivity index (χ4n) is 4.81. The fraction of sp³-hybridized carbons (Fsp3) is 0.345. The Bertz CT molecular complexity index is 1230. The van der Waals surface area contributed by atoms with E-state index >= 15 is 0 Å². The van der Waals surface area contributed by atoms with E-state index in [1.165, 1.54) is 22.5 Å². The second-order valence-corrected chi connectivity index (χ2v) is 9.62. The zero-order chi connectivity index (χ0) is 24.0. The van der Waals surface area contributed by atoms with Crippen LogP contribution in [0.15, 0.2) is 72.9 Å². The fourth-order valence-corrected chi connectivity index (χ4v) is 4.97. The third-order valence-electron chi connectivity index (χ3n) is 6.79. The predicted molar refractivity (Wildman–Crippen MR) is 143 cm³/mol. The number of benzene rings is 2. The van der Waals surface area contributed by atoms with Crippen molar-refractivity contribution >= 4 is 22.9 Å². The molecule has 4 aromatic rings. The molecule has 0 atom stereocenters. The number of pyridine rings is 1. The summed E-state index contributed by atoms with van der Waals surface area (Å²) in [6, 6.07) is 23.2. The standard InChI is InChI=1S/C29H33ClN4O/c1-2-27-28(34-20-24(30)10-13-29(34)32-27)19-31-18-22-8-11-25(12-9-22)33-16-14-26(15-17-33)35-21-23-6-4-3-5-7-23/h3-13,20,26,31H,2,14-19,21H2,1H3. The molecular formula is C29H33ClN4O. The molecule has 1 saturated heterocycles. The van der Waals surface area contributed by atoms with E-state index in [-0.39, 0.29) is 0 Å². The highest BCUT2D eigenvalue weighted by Crippen LogP contribution is 2.23. The normalized spacial score (nSPS) is 14.6. The van der Waals surface area contributed by atoms with Crippen LogP contribution in [0.4, 0.5) is 5.69 Å². The van der Waals surface area contributed by atoms with Crippen molar-refractivity contribution in [3.05, 3.63) is 100 Å². The van der Waals surface area contributed by atoms with Crippen molar-refractivity contribution in [1.29, 1.82) is 0 Å². The second-order valence-electron chi connectivity index (χ2n) is 9.19.